The molecule has 238 valence electrons. The van der Waals surface area contributed by atoms with Crippen molar-refractivity contribution < 1.29 is 4.42 Å². The fraction of sp³-hybridized carbons (Fsp3) is 0. The zero-order valence-electron chi connectivity index (χ0n) is 27.4. The van der Waals surface area contributed by atoms with E-state index in [9.17, 15) is 5.26 Å². The summed E-state index contributed by atoms with van der Waals surface area (Å²) >= 11 is 0. The van der Waals surface area contributed by atoms with Crippen molar-refractivity contribution in [3.63, 3.8) is 0 Å². The molecule has 0 aliphatic rings. The predicted molar refractivity (Wildman–Crippen MR) is 209 cm³/mol. The Morgan fingerprint density at radius 3 is 1.35 bits per heavy atom. The highest BCUT2D eigenvalue weighted by Gasteiger charge is 2.19. The lowest BCUT2D eigenvalue weighted by Crippen LogP contribution is -2.09. The first kappa shape index (κ1) is 29.8. The molecule has 8 aromatic carbocycles. The van der Waals surface area contributed by atoms with Gasteiger partial charge in [-0.1, -0.05) is 72.8 Å². The maximum absolute atomic E-state index is 9.40. The van der Waals surface area contributed by atoms with Crippen LogP contribution in [0.15, 0.2) is 174 Å². The summed E-state index contributed by atoms with van der Waals surface area (Å²) in [4.78, 5) is 8.01. The molecule has 0 aliphatic carbocycles. The van der Waals surface area contributed by atoms with Crippen molar-refractivity contribution in [2.75, 3.05) is 9.80 Å². The standard InChI is InChI=1S/C46H28N4O/c1-48-34-16-20-38(21-17-34)50(36-10-6-3-7-11-36)40-23-25-42-33(29-40)15-27-44-46(42)45-41-24-22-39(28-32(41)14-26-43(45)51-44)49(35-8-4-2-5-9-35)37-18-12-31(30-47)13-19-37/h2-29H. The van der Waals surface area contributed by atoms with Gasteiger partial charge in [0.15, 0.2) is 5.69 Å². The van der Waals surface area contributed by atoms with Crippen LogP contribution < -0.4 is 9.80 Å². The molecule has 0 spiro atoms. The first-order valence-corrected chi connectivity index (χ1v) is 16.7. The van der Waals surface area contributed by atoms with Gasteiger partial charge in [-0.05, 0) is 119 Å². The fourth-order valence-corrected chi connectivity index (χ4v) is 7.09. The van der Waals surface area contributed by atoms with E-state index < -0.39 is 0 Å². The van der Waals surface area contributed by atoms with Crippen LogP contribution in [0.5, 0.6) is 0 Å². The van der Waals surface area contributed by atoms with Gasteiger partial charge in [0.25, 0.3) is 0 Å². The summed E-state index contributed by atoms with van der Waals surface area (Å²) in [5.74, 6) is 0. The molecule has 1 aromatic heterocycles. The molecule has 0 atom stereocenters. The monoisotopic (exact) mass is 652 g/mol. The average Bonchev–Trinajstić information content (AvgIpc) is 3.59. The maximum atomic E-state index is 9.40. The van der Waals surface area contributed by atoms with Crippen LogP contribution in [-0.4, -0.2) is 0 Å². The molecule has 1 heterocycles. The minimum Gasteiger partial charge on any atom is -0.456 e. The van der Waals surface area contributed by atoms with Crippen molar-refractivity contribution in [1.82, 2.24) is 0 Å². The number of fused-ring (bicyclic) bond motifs is 7. The third-order valence-electron chi connectivity index (χ3n) is 9.44. The molecule has 0 bridgehead atoms. The lowest BCUT2D eigenvalue weighted by Gasteiger charge is -2.26. The molecule has 5 nitrogen and oxygen atoms in total. The summed E-state index contributed by atoms with van der Waals surface area (Å²) in [5, 5.41) is 16.0. The normalized spacial score (nSPS) is 11.1. The molecule has 0 amide bonds. The number of benzene rings is 8. The SMILES string of the molecule is [C-]#[N+]c1ccc(N(c2ccccc2)c2ccc3c(ccc4oc5ccc6cc(N(c7ccccc7)c7ccc(C#N)cc7)ccc6c5c43)c2)cc1. The Morgan fingerprint density at radius 2 is 0.902 bits per heavy atom. The second-order valence-electron chi connectivity index (χ2n) is 12.4. The summed E-state index contributed by atoms with van der Waals surface area (Å²) in [6.45, 7) is 7.41. The molecule has 0 radical (unpaired) electrons. The highest BCUT2D eigenvalue weighted by molar-refractivity contribution is 6.26. The summed E-state index contributed by atoms with van der Waals surface area (Å²) in [6.07, 6.45) is 0. The third-order valence-corrected chi connectivity index (χ3v) is 9.44. The Bertz CT molecular complexity index is 2620. The van der Waals surface area contributed by atoms with Crippen molar-refractivity contribution in [3.05, 3.63) is 187 Å². The Balaban J connectivity index is 1.20. The summed E-state index contributed by atoms with van der Waals surface area (Å²) in [6, 6.07) is 59.8. The lowest BCUT2D eigenvalue weighted by molar-refractivity contribution is 0.669. The van der Waals surface area contributed by atoms with Gasteiger partial charge in [0.05, 0.1) is 18.2 Å². The van der Waals surface area contributed by atoms with Crippen LogP contribution >= 0.6 is 0 Å². The highest BCUT2D eigenvalue weighted by Crippen LogP contribution is 2.43. The number of hydrogen-bond donors (Lipinski definition) is 0. The van der Waals surface area contributed by atoms with Crippen molar-refractivity contribution in [3.8, 4) is 6.07 Å². The van der Waals surface area contributed by atoms with E-state index in [1.807, 2.05) is 84.9 Å². The minimum atomic E-state index is 0.612. The van der Waals surface area contributed by atoms with E-state index in [1.165, 1.54) is 0 Å². The van der Waals surface area contributed by atoms with E-state index in [4.69, 9.17) is 11.0 Å². The zero-order valence-corrected chi connectivity index (χ0v) is 27.4. The van der Waals surface area contributed by atoms with Crippen LogP contribution in [0.3, 0.4) is 0 Å². The number of para-hydroxylation sites is 2. The van der Waals surface area contributed by atoms with Crippen LogP contribution in [0.4, 0.5) is 39.8 Å². The Kier molecular flexibility index (Phi) is 7.17. The number of anilines is 6. The molecule has 0 unspecified atom stereocenters. The minimum absolute atomic E-state index is 0.612. The van der Waals surface area contributed by atoms with Gasteiger partial charge in [-0.3, -0.25) is 0 Å². The zero-order chi connectivity index (χ0) is 34.3. The van der Waals surface area contributed by atoms with Crippen LogP contribution in [0.25, 0.3) is 48.3 Å². The van der Waals surface area contributed by atoms with Gasteiger partial charge in [-0.15, -0.1) is 0 Å². The molecular formula is C46H28N4O. The third kappa shape index (κ3) is 5.18. The Labute approximate surface area is 294 Å². The summed E-state index contributed by atoms with van der Waals surface area (Å²) in [5.41, 5.74) is 9.00. The second-order valence-corrected chi connectivity index (χ2v) is 12.4. The molecule has 5 heteroatoms. The van der Waals surface area contributed by atoms with Gasteiger partial charge in [-0.2, -0.15) is 5.26 Å². The van der Waals surface area contributed by atoms with E-state index in [0.717, 1.165) is 77.6 Å². The number of rotatable bonds is 6. The van der Waals surface area contributed by atoms with Gasteiger partial charge in [0.1, 0.15) is 11.2 Å². The van der Waals surface area contributed by atoms with Crippen LogP contribution in [0.2, 0.25) is 0 Å². The number of nitriles is 1. The number of furan rings is 1. The van der Waals surface area contributed by atoms with Crippen molar-refractivity contribution >= 4 is 83.3 Å². The van der Waals surface area contributed by atoms with Gasteiger partial charge in [0.2, 0.25) is 0 Å². The second kappa shape index (κ2) is 12.3. The molecule has 0 saturated heterocycles. The van der Waals surface area contributed by atoms with Crippen molar-refractivity contribution in [2.24, 2.45) is 0 Å². The van der Waals surface area contributed by atoms with Crippen LogP contribution in [0.1, 0.15) is 5.56 Å². The molecule has 0 N–H and O–H groups in total. The molecule has 51 heavy (non-hydrogen) atoms. The topological polar surface area (TPSA) is 47.8 Å². The molecule has 0 saturated carbocycles. The van der Waals surface area contributed by atoms with Crippen molar-refractivity contribution in [2.45, 2.75) is 0 Å². The van der Waals surface area contributed by atoms with Crippen LogP contribution in [0, 0.1) is 17.9 Å². The van der Waals surface area contributed by atoms with E-state index >= 15 is 0 Å². The predicted octanol–water partition coefficient (Wildman–Crippen LogP) is 13.3. The summed E-state index contributed by atoms with van der Waals surface area (Å²) in [7, 11) is 0. The number of nitrogens with zero attached hydrogens (tertiary/aromatic N) is 4. The lowest BCUT2D eigenvalue weighted by atomic mass is 9.98. The van der Waals surface area contributed by atoms with E-state index in [-0.39, 0.29) is 0 Å². The van der Waals surface area contributed by atoms with E-state index in [0.29, 0.717) is 11.3 Å². The van der Waals surface area contributed by atoms with Gasteiger partial charge in [-0.25, -0.2) is 4.85 Å². The quantitative estimate of drug-likeness (QED) is 0.168. The largest absolute Gasteiger partial charge is 0.456 e. The molecule has 0 aliphatic heterocycles. The Hall–Kier alpha value is -7.34. The number of hydrogen-bond acceptors (Lipinski definition) is 4. The maximum Gasteiger partial charge on any atom is 0.187 e. The molecule has 9 rings (SSSR count). The van der Waals surface area contributed by atoms with Gasteiger partial charge >= 0.3 is 0 Å². The summed E-state index contributed by atoms with van der Waals surface area (Å²) < 4.78 is 6.47. The molecular weight excluding hydrogens is 625 g/mol. The van der Waals surface area contributed by atoms with Crippen LogP contribution in [-0.2, 0) is 0 Å². The molecule has 0 fully saturated rings. The first-order chi connectivity index (χ1) is 25.2. The Morgan fingerprint density at radius 1 is 0.471 bits per heavy atom. The van der Waals surface area contributed by atoms with E-state index in [2.05, 4.69) is 106 Å². The van der Waals surface area contributed by atoms with Crippen molar-refractivity contribution in [1.29, 1.82) is 5.26 Å². The average molecular weight is 653 g/mol. The smallest absolute Gasteiger partial charge is 0.187 e. The fourth-order valence-electron chi connectivity index (χ4n) is 7.09. The van der Waals surface area contributed by atoms with Gasteiger partial charge < -0.3 is 14.2 Å². The highest BCUT2D eigenvalue weighted by atomic mass is 16.3. The van der Waals surface area contributed by atoms with Gasteiger partial charge in [0, 0.05) is 44.9 Å². The first-order valence-electron chi connectivity index (χ1n) is 16.7. The van der Waals surface area contributed by atoms with E-state index in [1.54, 1.807) is 0 Å². The molecule has 9 aromatic rings.